The van der Waals surface area contributed by atoms with Crippen LogP contribution in [0.1, 0.15) is 6.92 Å². The van der Waals surface area contributed by atoms with Gasteiger partial charge < -0.3 is 4.13 Å². The number of hydrogen-bond donors (Lipinski definition) is 0. The largest absolute Gasteiger partial charge is 0.480 e. The van der Waals surface area contributed by atoms with Gasteiger partial charge in [-0.3, -0.25) is 0 Å². The molecule has 1 aromatic rings. The molecule has 0 aliphatic rings. The second kappa shape index (κ2) is 8.18. The second-order valence-electron chi connectivity index (χ2n) is 4.15. The molecular formula is C10H13F6N3O4S2. The van der Waals surface area contributed by atoms with E-state index in [1.807, 2.05) is 12.3 Å². The fourth-order valence-corrected chi connectivity index (χ4v) is 2.81. The van der Waals surface area contributed by atoms with Crippen molar-refractivity contribution >= 4 is 20.0 Å². The monoisotopic (exact) mass is 417 g/mol. The van der Waals surface area contributed by atoms with Crippen LogP contribution < -0.4 is 4.57 Å². The maximum absolute atomic E-state index is 11.4. The van der Waals surface area contributed by atoms with E-state index in [9.17, 15) is 43.2 Å². The van der Waals surface area contributed by atoms with E-state index in [1.54, 1.807) is 0 Å². The molecule has 0 atom stereocenters. The number of allylic oxidation sites excluding steroid dienone is 1. The topological polar surface area (TPSA) is 91.2 Å². The highest BCUT2D eigenvalue weighted by molar-refractivity contribution is 8.13. The third-order valence-corrected chi connectivity index (χ3v) is 4.97. The van der Waals surface area contributed by atoms with Crippen molar-refractivity contribution in [1.29, 1.82) is 0 Å². The number of nitrogens with zero attached hydrogens (tertiary/aromatic N) is 3. The number of imidazole rings is 1. The lowest BCUT2D eigenvalue weighted by Gasteiger charge is -2.22. The SMILES string of the molecule is C=CCn1cc[n+](CC)c1.O=S(=O)([N-]S(=O)(=O)C(F)(F)F)C(F)(F)F. The number of halogens is 6. The van der Waals surface area contributed by atoms with E-state index in [4.69, 9.17) is 0 Å². The highest BCUT2D eigenvalue weighted by atomic mass is 32.3. The molecule has 0 aliphatic heterocycles. The maximum atomic E-state index is 11.4. The van der Waals surface area contributed by atoms with E-state index >= 15 is 0 Å². The average molecular weight is 417 g/mol. The third kappa shape index (κ3) is 7.03. The molecule has 0 fully saturated rings. The summed E-state index contributed by atoms with van der Waals surface area (Å²) in [4.78, 5) is 0. The van der Waals surface area contributed by atoms with Crippen LogP contribution in [0.2, 0.25) is 0 Å². The Morgan fingerprint density at radius 1 is 1.08 bits per heavy atom. The number of alkyl halides is 6. The van der Waals surface area contributed by atoms with E-state index in [0.29, 0.717) is 0 Å². The summed E-state index contributed by atoms with van der Waals surface area (Å²) in [5.74, 6) is 0. The van der Waals surface area contributed by atoms with Gasteiger partial charge in [-0.25, -0.2) is 26.0 Å². The lowest BCUT2D eigenvalue weighted by atomic mass is 10.6. The fraction of sp³-hybridized carbons (Fsp3) is 0.500. The van der Waals surface area contributed by atoms with Crippen LogP contribution in [0.3, 0.4) is 0 Å². The average Bonchev–Trinajstić information content (AvgIpc) is 2.84. The van der Waals surface area contributed by atoms with Crippen molar-refractivity contribution in [1.82, 2.24) is 4.57 Å². The molecular weight excluding hydrogens is 404 g/mol. The summed E-state index contributed by atoms with van der Waals surface area (Å²) in [6.07, 6.45) is 8.07. The Morgan fingerprint density at radius 2 is 1.52 bits per heavy atom. The van der Waals surface area contributed by atoms with Gasteiger partial charge in [0.15, 0.2) is 20.0 Å². The predicted molar refractivity (Wildman–Crippen MR) is 73.8 cm³/mol. The highest BCUT2D eigenvalue weighted by Crippen LogP contribution is 2.36. The Morgan fingerprint density at radius 3 is 1.80 bits per heavy atom. The summed E-state index contributed by atoms with van der Waals surface area (Å²) in [6.45, 7) is 7.71. The van der Waals surface area contributed by atoms with E-state index in [0.717, 1.165) is 17.2 Å². The maximum Gasteiger partial charge on any atom is 0.480 e. The molecule has 0 amide bonds. The van der Waals surface area contributed by atoms with Crippen molar-refractivity contribution in [2.75, 3.05) is 0 Å². The van der Waals surface area contributed by atoms with Crippen LogP contribution >= 0.6 is 0 Å². The Hall–Kier alpha value is -1.61. The first-order valence-corrected chi connectivity index (χ1v) is 8.98. The minimum atomic E-state index is -6.72. The zero-order valence-electron chi connectivity index (χ0n) is 12.5. The number of sulfonamides is 2. The van der Waals surface area contributed by atoms with E-state index in [1.165, 1.54) is 0 Å². The fourth-order valence-electron chi connectivity index (χ4n) is 1.10. The van der Waals surface area contributed by atoms with Gasteiger partial charge in [0.2, 0.25) is 6.33 Å². The standard InChI is InChI=1S/C8H13N2.C2F6NO4S2/c1-3-5-10-7-6-9(4-2)8-10;3-1(4,5)14(10,11)9-15(12,13)2(6,7)8/h3,6-8H,1,4-5H2,2H3;/q+1;-1. The van der Waals surface area contributed by atoms with Crippen molar-refractivity contribution < 1.29 is 47.7 Å². The minimum absolute atomic E-state index is 0.778. The van der Waals surface area contributed by atoms with Crippen molar-refractivity contribution in [3.8, 4) is 0 Å². The van der Waals surface area contributed by atoms with Gasteiger partial charge in [-0.1, -0.05) is 12.7 Å². The Balaban J connectivity index is 0.000000496. The number of hydrogen-bond acceptors (Lipinski definition) is 4. The molecule has 0 saturated carbocycles. The molecule has 25 heavy (non-hydrogen) atoms. The van der Waals surface area contributed by atoms with Crippen LogP contribution in [-0.2, 0) is 33.1 Å². The van der Waals surface area contributed by atoms with Crippen molar-refractivity contribution in [2.24, 2.45) is 0 Å². The Bertz CT molecular complexity index is 738. The number of rotatable bonds is 5. The van der Waals surface area contributed by atoms with Crippen LogP contribution in [0.15, 0.2) is 31.4 Å². The molecule has 0 radical (unpaired) electrons. The van der Waals surface area contributed by atoms with Crippen LogP contribution in [-0.4, -0.2) is 32.4 Å². The molecule has 0 aromatic carbocycles. The molecule has 1 aromatic heterocycles. The van der Waals surface area contributed by atoms with Gasteiger partial charge in [0, 0.05) is 0 Å². The first-order valence-electron chi connectivity index (χ1n) is 6.10. The first-order chi connectivity index (χ1) is 11.1. The third-order valence-electron chi connectivity index (χ3n) is 2.23. The smallest absolute Gasteiger partial charge is 0.421 e. The Kier molecular flexibility index (Phi) is 7.65. The van der Waals surface area contributed by atoms with Crippen LogP contribution in [0, 0.1) is 0 Å². The zero-order valence-corrected chi connectivity index (χ0v) is 14.1. The summed E-state index contributed by atoms with van der Waals surface area (Å²) < 4.78 is 113. The van der Waals surface area contributed by atoms with Gasteiger partial charge in [0.1, 0.15) is 18.9 Å². The molecule has 15 heteroatoms. The van der Waals surface area contributed by atoms with Gasteiger partial charge in [0.05, 0.1) is 6.54 Å². The first kappa shape index (κ1) is 23.4. The quantitative estimate of drug-likeness (QED) is 0.417. The predicted octanol–water partition coefficient (Wildman–Crippen LogP) is 2.04. The lowest BCUT2D eigenvalue weighted by Crippen LogP contribution is -2.30. The summed E-state index contributed by atoms with van der Waals surface area (Å²) in [5.41, 5.74) is -12.4. The van der Waals surface area contributed by atoms with Crippen LogP contribution in [0.4, 0.5) is 26.3 Å². The molecule has 0 bridgehead atoms. The zero-order chi connectivity index (χ0) is 20.1. The van der Waals surface area contributed by atoms with Gasteiger partial charge in [0.25, 0.3) is 0 Å². The summed E-state index contributed by atoms with van der Waals surface area (Å²) >= 11 is 0. The molecule has 0 saturated heterocycles. The molecule has 146 valence electrons. The van der Waals surface area contributed by atoms with Crippen LogP contribution in [0.5, 0.6) is 0 Å². The summed E-state index contributed by atoms with van der Waals surface area (Å²) in [5, 5.41) is 0. The molecule has 0 unspecified atom stereocenters. The molecule has 7 nitrogen and oxygen atoms in total. The van der Waals surface area contributed by atoms with Gasteiger partial charge in [-0.05, 0) is 6.92 Å². The Labute approximate surface area is 139 Å². The number of aryl methyl sites for hydroxylation is 1. The second-order valence-corrected chi connectivity index (χ2v) is 7.57. The van der Waals surface area contributed by atoms with E-state index in [2.05, 4.69) is 35.2 Å². The van der Waals surface area contributed by atoms with Crippen molar-refractivity contribution in [3.05, 3.63) is 35.5 Å². The minimum Gasteiger partial charge on any atom is -0.421 e. The summed E-state index contributed by atoms with van der Waals surface area (Å²) in [7, 11) is -13.4. The molecule has 0 N–H and O–H groups in total. The van der Waals surface area contributed by atoms with Crippen molar-refractivity contribution in [3.63, 3.8) is 0 Å². The lowest BCUT2D eigenvalue weighted by molar-refractivity contribution is -0.693. The van der Waals surface area contributed by atoms with Crippen molar-refractivity contribution in [2.45, 2.75) is 31.0 Å². The molecule has 0 aliphatic carbocycles. The van der Waals surface area contributed by atoms with Crippen LogP contribution in [0.25, 0.3) is 4.13 Å². The van der Waals surface area contributed by atoms with Gasteiger partial charge in [-0.2, -0.15) is 26.3 Å². The molecule has 1 rings (SSSR count). The van der Waals surface area contributed by atoms with E-state index in [-0.39, 0.29) is 0 Å². The van der Waals surface area contributed by atoms with Gasteiger partial charge in [-0.15, -0.1) is 0 Å². The molecule has 0 spiro atoms. The number of aromatic nitrogens is 2. The highest BCUT2D eigenvalue weighted by Gasteiger charge is 2.46. The normalized spacial score (nSPS) is 13.1. The summed E-state index contributed by atoms with van der Waals surface area (Å²) in [6, 6.07) is 0. The molecule has 1 heterocycles. The van der Waals surface area contributed by atoms with E-state index < -0.39 is 31.1 Å². The van der Waals surface area contributed by atoms with Gasteiger partial charge >= 0.3 is 11.0 Å².